The third-order valence-corrected chi connectivity index (χ3v) is 3.52. The summed E-state index contributed by atoms with van der Waals surface area (Å²) in [5.41, 5.74) is 3.00. The van der Waals surface area contributed by atoms with E-state index in [-0.39, 0.29) is 0 Å². The van der Waals surface area contributed by atoms with Crippen molar-refractivity contribution in [2.75, 3.05) is 6.54 Å². The van der Waals surface area contributed by atoms with Crippen molar-refractivity contribution >= 4 is 0 Å². The standard InChI is InChI=1S/C14H21N/c1-12-7-4-5-8-13(12)11-14-9-3-2-6-10-15-14/h4-5,7-8,14-15H,2-3,6,9-11H2,1H3/p+1/t14-/m0/s1. The Morgan fingerprint density at radius 3 is 2.93 bits per heavy atom. The maximum absolute atomic E-state index is 2.56. The van der Waals surface area contributed by atoms with E-state index in [0.717, 1.165) is 6.04 Å². The molecule has 1 heteroatoms. The third-order valence-electron chi connectivity index (χ3n) is 3.52. The number of nitrogens with two attached hydrogens (primary N) is 1. The van der Waals surface area contributed by atoms with Gasteiger partial charge in [0.1, 0.15) is 0 Å². The first kappa shape index (κ1) is 10.7. The van der Waals surface area contributed by atoms with Crippen LogP contribution in [-0.4, -0.2) is 12.6 Å². The van der Waals surface area contributed by atoms with Gasteiger partial charge < -0.3 is 5.32 Å². The lowest BCUT2D eigenvalue weighted by atomic mass is 9.98. The zero-order valence-electron chi connectivity index (χ0n) is 9.71. The summed E-state index contributed by atoms with van der Waals surface area (Å²) in [6, 6.07) is 9.64. The number of aryl methyl sites for hydroxylation is 1. The van der Waals surface area contributed by atoms with Crippen LogP contribution in [0.3, 0.4) is 0 Å². The minimum atomic E-state index is 0.827. The Bertz CT molecular complexity index is 298. The molecule has 0 radical (unpaired) electrons. The van der Waals surface area contributed by atoms with Crippen molar-refractivity contribution in [3.8, 4) is 0 Å². The predicted octanol–water partition coefficient (Wildman–Crippen LogP) is 2.04. The summed E-state index contributed by atoms with van der Waals surface area (Å²) >= 11 is 0. The van der Waals surface area contributed by atoms with Gasteiger partial charge in [0, 0.05) is 6.42 Å². The van der Waals surface area contributed by atoms with Crippen molar-refractivity contribution < 1.29 is 5.32 Å². The molecule has 82 valence electrons. The first-order valence-electron chi connectivity index (χ1n) is 6.24. The number of quaternary nitrogens is 1. The van der Waals surface area contributed by atoms with Crippen LogP contribution in [0.4, 0.5) is 0 Å². The molecule has 1 nitrogen and oxygen atoms in total. The van der Waals surface area contributed by atoms with Crippen LogP contribution in [0.25, 0.3) is 0 Å². The lowest BCUT2D eigenvalue weighted by Gasteiger charge is -2.13. The molecule has 1 aromatic carbocycles. The molecular weight excluding hydrogens is 182 g/mol. The van der Waals surface area contributed by atoms with Gasteiger partial charge in [-0.05, 0) is 43.7 Å². The van der Waals surface area contributed by atoms with Crippen LogP contribution in [0.1, 0.15) is 36.8 Å². The Morgan fingerprint density at radius 1 is 1.20 bits per heavy atom. The first-order chi connectivity index (χ1) is 7.36. The second-order valence-corrected chi connectivity index (χ2v) is 4.76. The van der Waals surface area contributed by atoms with Crippen LogP contribution in [0.15, 0.2) is 24.3 Å². The minimum absolute atomic E-state index is 0.827. The van der Waals surface area contributed by atoms with Crippen molar-refractivity contribution in [2.24, 2.45) is 0 Å². The molecule has 0 aromatic heterocycles. The molecule has 2 N–H and O–H groups in total. The van der Waals surface area contributed by atoms with Crippen LogP contribution >= 0.6 is 0 Å². The highest BCUT2D eigenvalue weighted by molar-refractivity contribution is 5.25. The topological polar surface area (TPSA) is 16.6 Å². The Labute approximate surface area is 92.9 Å². The zero-order valence-corrected chi connectivity index (χ0v) is 9.71. The average Bonchev–Trinajstić information content (AvgIpc) is 2.50. The van der Waals surface area contributed by atoms with E-state index in [1.165, 1.54) is 44.2 Å². The van der Waals surface area contributed by atoms with E-state index in [2.05, 4.69) is 36.5 Å². The minimum Gasteiger partial charge on any atom is -0.344 e. The van der Waals surface area contributed by atoms with E-state index in [0.29, 0.717) is 0 Å². The quantitative estimate of drug-likeness (QED) is 0.759. The molecule has 15 heavy (non-hydrogen) atoms. The van der Waals surface area contributed by atoms with Gasteiger partial charge in [0.25, 0.3) is 0 Å². The van der Waals surface area contributed by atoms with Gasteiger partial charge in [-0.1, -0.05) is 24.3 Å². The summed E-state index contributed by atoms with van der Waals surface area (Å²) < 4.78 is 0. The van der Waals surface area contributed by atoms with Crippen LogP contribution in [0.2, 0.25) is 0 Å². The summed E-state index contributed by atoms with van der Waals surface area (Å²) in [7, 11) is 0. The molecule has 1 fully saturated rings. The van der Waals surface area contributed by atoms with E-state index < -0.39 is 0 Å². The lowest BCUT2D eigenvalue weighted by molar-refractivity contribution is -0.687. The molecule has 2 rings (SSSR count). The molecule has 0 aliphatic carbocycles. The molecule has 1 aliphatic heterocycles. The molecule has 1 atom stereocenters. The largest absolute Gasteiger partial charge is 0.344 e. The Hall–Kier alpha value is -0.820. The third kappa shape index (κ3) is 3.07. The number of hydrogen-bond donors (Lipinski definition) is 1. The molecule has 1 saturated heterocycles. The van der Waals surface area contributed by atoms with Crippen LogP contribution < -0.4 is 5.32 Å². The van der Waals surface area contributed by atoms with Gasteiger partial charge in [0.05, 0.1) is 12.6 Å². The lowest BCUT2D eigenvalue weighted by Crippen LogP contribution is -2.90. The number of rotatable bonds is 2. The zero-order chi connectivity index (χ0) is 10.5. The summed E-state index contributed by atoms with van der Waals surface area (Å²) in [5.74, 6) is 0. The number of hydrogen-bond acceptors (Lipinski definition) is 0. The fraction of sp³-hybridized carbons (Fsp3) is 0.571. The van der Waals surface area contributed by atoms with Gasteiger partial charge in [-0.2, -0.15) is 0 Å². The van der Waals surface area contributed by atoms with Gasteiger partial charge >= 0.3 is 0 Å². The monoisotopic (exact) mass is 204 g/mol. The second kappa shape index (κ2) is 5.32. The van der Waals surface area contributed by atoms with Crippen LogP contribution in [0, 0.1) is 6.92 Å². The van der Waals surface area contributed by atoms with E-state index in [1.807, 2.05) is 0 Å². The van der Waals surface area contributed by atoms with E-state index in [1.54, 1.807) is 5.56 Å². The fourth-order valence-corrected chi connectivity index (χ4v) is 2.51. The molecule has 0 amide bonds. The van der Waals surface area contributed by atoms with E-state index in [9.17, 15) is 0 Å². The van der Waals surface area contributed by atoms with Crippen molar-refractivity contribution in [1.29, 1.82) is 0 Å². The molecule has 1 aromatic rings. The smallest absolute Gasteiger partial charge is 0.0900 e. The molecular formula is C14H22N+. The Morgan fingerprint density at radius 2 is 2.07 bits per heavy atom. The summed E-state index contributed by atoms with van der Waals surface area (Å²) in [6.45, 7) is 3.56. The molecule has 0 saturated carbocycles. The predicted molar refractivity (Wildman–Crippen MR) is 63.9 cm³/mol. The summed E-state index contributed by atoms with van der Waals surface area (Å²) in [4.78, 5) is 0. The summed E-state index contributed by atoms with van der Waals surface area (Å²) in [6.07, 6.45) is 6.92. The van der Waals surface area contributed by atoms with Gasteiger partial charge in [-0.15, -0.1) is 0 Å². The highest BCUT2D eigenvalue weighted by Gasteiger charge is 2.15. The van der Waals surface area contributed by atoms with Crippen LogP contribution in [-0.2, 0) is 6.42 Å². The average molecular weight is 204 g/mol. The Balaban J connectivity index is 1.98. The van der Waals surface area contributed by atoms with Gasteiger partial charge in [-0.25, -0.2) is 0 Å². The van der Waals surface area contributed by atoms with Gasteiger partial charge in [0.15, 0.2) is 0 Å². The first-order valence-corrected chi connectivity index (χ1v) is 6.24. The van der Waals surface area contributed by atoms with Gasteiger partial charge in [-0.3, -0.25) is 0 Å². The molecule has 1 aliphatic rings. The SMILES string of the molecule is Cc1ccccc1C[C@@H]1CCCCC[NH2+]1. The van der Waals surface area contributed by atoms with Crippen LogP contribution in [0.5, 0.6) is 0 Å². The molecule has 0 unspecified atom stereocenters. The van der Waals surface area contributed by atoms with Crippen molar-refractivity contribution in [3.05, 3.63) is 35.4 Å². The molecule has 1 heterocycles. The normalized spacial score (nSPS) is 22.3. The van der Waals surface area contributed by atoms with Gasteiger partial charge in [0.2, 0.25) is 0 Å². The fourth-order valence-electron chi connectivity index (χ4n) is 2.51. The number of benzene rings is 1. The maximum atomic E-state index is 2.56. The molecule has 0 bridgehead atoms. The second-order valence-electron chi connectivity index (χ2n) is 4.76. The summed E-state index contributed by atoms with van der Waals surface area (Å²) in [5, 5.41) is 2.56. The van der Waals surface area contributed by atoms with Crippen molar-refractivity contribution in [1.82, 2.24) is 0 Å². The highest BCUT2D eigenvalue weighted by atomic mass is 14.9. The molecule has 0 spiro atoms. The van der Waals surface area contributed by atoms with E-state index >= 15 is 0 Å². The highest BCUT2D eigenvalue weighted by Crippen LogP contribution is 2.12. The maximum Gasteiger partial charge on any atom is 0.0900 e. The van der Waals surface area contributed by atoms with Crippen molar-refractivity contribution in [3.63, 3.8) is 0 Å². The Kier molecular flexibility index (Phi) is 3.79. The van der Waals surface area contributed by atoms with E-state index in [4.69, 9.17) is 0 Å². The van der Waals surface area contributed by atoms with Crippen molar-refractivity contribution in [2.45, 2.75) is 45.1 Å².